The minimum Gasteiger partial charge on any atom is -0.378 e. The van der Waals surface area contributed by atoms with Crippen LogP contribution in [0.5, 0.6) is 0 Å². The predicted octanol–water partition coefficient (Wildman–Crippen LogP) is 3.96. The Kier molecular flexibility index (Phi) is 5.27. The normalized spacial score (nSPS) is 14.1. The molecular weight excluding hydrogens is 383 g/mol. The number of benzene rings is 2. The summed E-state index contributed by atoms with van der Waals surface area (Å²) in [6.45, 7) is 2.44. The van der Waals surface area contributed by atoms with Gasteiger partial charge in [0, 0.05) is 29.4 Å². The number of amides is 1. The van der Waals surface area contributed by atoms with E-state index in [2.05, 4.69) is 15.5 Å². The van der Waals surface area contributed by atoms with Crippen LogP contribution in [0.15, 0.2) is 48.5 Å². The molecule has 2 N–H and O–H groups in total. The zero-order valence-electron chi connectivity index (χ0n) is 14.9. The van der Waals surface area contributed by atoms with Crippen molar-refractivity contribution in [2.75, 3.05) is 36.5 Å². The van der Waals surface area contributed by atoms with Crippen LogP contribution >= 0.6 is 11.6 Å². The third kappa shape index (κ3) is 4.00. The quantitative estimate of drug-likeness (QED) is 0.695. The van der Waals surface area contributed by atoms with Crippen LogP contribution < -0.4 is 10.2 Å². The maximum absolute atomic E-state index is 14.5. The maximum atomic E-state index is 14.5. The minimum atomic E-state index is -0.403. The molecule has 0 saturated carbocycles. The van der Waals surface area contributed by atoms with E-state index in [4.69, 9.17) is 16.3 Å². The summed E-state index contributed by atoms with van der Waals surface area (Å²) in [6, 6.07) is 13.5. The number of halogens is 2. The molecule has 0 bridgehead atoms. The van der Waals surface area contributed by atoms with Crippen LogP contribution in [0.2, 0.25) is 5.02 Å². The summed E-state index contributed by atoms with van der Waals surface area (Å²) in [4.78, 5) is 14.4. The molecule has 8 heteroatoms. The molecule has 2 aromatic carbocycles. The van der Waals surface area contributed by atoms with Gasteiger partial charge in [0.15, 0.2) is 0 Å². The van der Waals surface area contributed by atoms with Gasteiger partial charge in [-0.15, -0.1) is 0 Å². The molecule has 1 amide bonds. The van der Waals surface area contributed by atoms with E-state index in [1.165, 1.54) is 6.07 Å². The van der Waals surface area contributed by atoms with Gasteiger partial charge in [0.25, 0.3) is 5.91 Å². The Balaban J connectivity index is 1.47. The Morgan fingerprint density at radius 1 is 1.18 bits per heavy atom. The molecule has 1 aromatic heterocycles. The third-order valence-electron chi connectivity index (χ3n) is 4.50. The van der Waals surface area contributed by atoms with Crippen LogP contribution in [-0.2, 0) is 4.74 Å². The molecule has 1 aliphatic rings. The van der Waals surface area contributed by atoms with Crippen molar-refractivity contribution in [3.63, 3.8) is 0 Å². The number of carbonyl (C=O) groups is 1. The molecule has 6 nitrogen and oxygen atoms in total. The average molecular weight is 401 g/mol. The Bertz CT molecular complexity index is 1000. The highest BCUT2D eigenvalue weighted by atomic mass is 35.5. The molecule has 1 aliphatic heterocycles. The van der Waals surface area contributed by atoms with Gasteiger partial charge in [-0.3, -0.25) is 9.89 Å². The first-order chi connectivity index (χ1) is 13.6. The number of nitrogens with zero attached hydrogens (tertiary/aromatic N) is 2. The van der Waals surface area contributed by atoms with Crippen LogP contribution in [0, 0.1) is 5.82 Å². The highest BCUT2D eigenvalue weighted by Gasteiger charge is 2.17. The molecule has 1 saturated heterocycles. The van der Waals surface area contributed by atoms with Crippen LogP contribution in [0.3, 0.4) is 0 Å². The molecule has 0 radical (unpaired) electrons. The fourth-order valence-electron chi connectivity index (χ4n) is 3.08. The number of aromatic amines is 1. The molecule has 4 rings (SSSR count). The van der Waals surface area contributed by atoms with Crippen molar-refractivity contribution >= 4 is 28.9 Å². The summed E-state index contributed by atoms with van der Waals surface area (Å²) in [6.07, 6.45) is 0. The van der Waals surface area contributed by atoms with E-state index >= 15 is 0 Å². The summed E-state index contributed by atoms with van der Waals surface area (Å²) in [5.74, 6) is -0.789. The van der Waals surface area contributed by atoms with E-state index in [1.807, 2.05) is 17.0 Å². The third-order valence-corrected chi connectivity index (χ3v) is 4.74. The largest absolute Gasteiger partial charge is 0.378 e. The van der Waals surface area contributed by atoms with Gasteiger partial charge in [-0.05, 0) is 36.4 Å². The number of H-pyrrole nitrogens is 1. The van der Waals surface area contributed by atoms with Crippen molar-refractivity contribution < 1.29 is 13.9 Å². The number of hydrogen-bond acceptors (Lipinski definition) is 4. The van der Waals surface area contributed by atoms with Gasteiger partial charge in [0.05, 0.1) is 24.6 Å². The molecule has 2 heterocycles. The average Bonchev–Trinajstić information content (AvgIpc) is 3.19. The maximum Gasteiger partial charge on any atom is 0.273 e. The number of ether oxygens (including phenoxy) is 1. The van der Waals surface area contributed by atoms with Gasteiger partial charge < -0.3 is 15.0 Å². The Labute approximate surface area is 166 Å². The fraction of sp³-hybridized carbons (Fsp3) is 0.200. The van der Waals surface area contributed by atoms with Crippen LogP contribution in [0.25, 0.3) is 11.3 Å². The van der Waals surface area contributed by atoms with Gasteiger partial charge in [-0.2, -0.15) is 5.10 Å². The number of hydrogen-bond donors (Lipinski definition) is 2. The Morgan fingerprint density at radius 3 is 2.75 bits per heavy atom. The summed E-state index contributed by atoms with van der Waals surface area (Å²) < 4.78 is 19.8. The first-order valence-corrected chi connectivity index (χ1v) is 9.23. The second kappa shape index (κ2) is 8.00. The highest BCUT2D eigenvalue weighted by Crippen LogP contribution is 2.25. The molecule has 0 spiro atoms. The molecule has 0 atom stereocenters. The van der Waals surface area contributed by atoms with E-state index in [9.17, 15) is 9.18 Å². The van der Waals surface area contributed by atoms with E-state index in [0.717, 1.165) is 5.56 Å². The van der Waals surface area contributed by atoms with Gasteiger partial charge in [0.1, 0.15) is 11.5 Å². The minimum absolute atomic E-state index is 0.271. The number of carbonyl (C=O) groups excluding carboxylic acids is 1. The molecule has 0 unspecified atom stereocenters. The van der Waals surface area contributed by atoms with Gasteiger partial charge in [0.2, 0.25) is 0 Å². The predicted molar refractivity (Wildman–Crippen MR) is 106 cm³/mol. The summed E-state index contributed by atoms with van der Waals surface area (Å²) in [5.41, 5.74) is 2.54. The monoisotopic (exact) mass is 400 g/mol. The molecule has 144 valence electrons. The number of rotatable bonds is 4. The SMILES string of the molecule is O=C(Nc1ccc(N2CCOCC2)c(F)c1)c1cc(-c2cccc(Cl)c2)n[nH]1. The molecule has 28 heavy (non-hydrogen) atoms. The fourth-order valence-corrected chi connectivity index (χ4v) is 3.27. The Morgan fingerprint density at radius 2 is 2.00 bits per heavy atom. The van der Waals surface area contributed by atoms with Crippen LogP contribution in [0.4, 0.5) is 15.8 Å². The van der Waals surface area contributed by atoms with Crippen molar-refractivity contribution in [1.82, 2.24) is 10.2 Å². The number of aromatic nitrogens is 2. The molecule has 3 aromatic rings. The van der Waals surface area contributed by atoms with E-state index < -0.39 is 5.91 Å². The molecular formula is C20H18ClFN4O2. The van der Waals surface area contributed by atoms with Gasteiger partial charge in [-0.1, -0.05) is 23.7 Å². The van der Waals surface area contributed by atoms with Gasteiger partial charge >= 0.3 is 0 Å². The first kappa shape index (κ1) is 18.5. The first-order valence-electron chi connectivity index (χ1n) is 8.85. The van der Waals surface area contributed by atoms with E-state index in [1.54, 1.807) is 30.3 Å². The lowest BCUT2D eigenvalue weighted by Gasteiger charge is -2.29. The summed E-state index contributed by atoms with van der Waals surface area (Å²) in [5, 5.41) is 10.1. The highest BCUT2D eigenvalue weighted by molar-refractivity contribution is 6.30. The van der Waals surface area contributed by atoms with Crippen molar-refractivity contribution in [1.29, 1.82) is 0 Å². The number of nitrogens with one attached hydrogen (secondary N) is 2. The van der Waals surface area contributed by atoms with E-state index in [0.29, 0.717) is 48.4 Å². The smallest absolute Gasteiger partial charge is 0.273 e. The van der Waals surface area contributed by atoms with Crippen LogP contribution in [0.1, 0.15) is 10.5 Å². The van der Waals surface area contributed by atoms with Crippen molar-refractivity contribution in [2.45, 2.75) is 0 Å². The number of morpholine rings is 1. The number of anilines is 2. The zero-order chi connectivity index (χ0) is 19.5. The second-order valence-corrected chi connectivity index (χ2v) is 6.83. The van der Waals surface area contributed by atoms with Crippen molar-refractivity contribution in [2.24, 2.45) is 0 Å². The van der Waals surface area contributed by atoms with Crippen LogP contribution in [-0.4, -0.2) is 42.4 Å². The topological polar surface area (TPSA) is 70.2 Å². The Hall–Kier alpha value is -2.90. The summed E-state index contributed by atoms with van der Waals surface area (Å²) >= 11 is 5.99. The second-order valence-electron chi connectivity index (χ2n) is 6.40. The van der Waals surface area contributed by atoms with Crippen molar-refractivity contribution in [3.8, 4) is 11.3 Å². The lowest BCUT2D eigenvalue weighted by atomic mass is 10.1. The lowest BCUT2D eigenvalue weighted by Crippen LogP contribution is -2.36. The van der Waals surface area contributed by atoms with Gasteiger partial charge in [-0.25, -0.2) is 4.39 Å². The van der Waals surface area contributed by atoms with E-state index in [-0.39, 0.29) is 11.5 Å². The standard InChI is InChI=1S/C20H18ClFN4O2/c21-14-3-1-2-13(10-14)17-12-18(25-24-17)20(27)23-15-4-5-19(16(22)11-15)26-6-8-28-9-7-26/h1-5,10-12H,6-9H2,(H,23,27)(H,24,25). The lowest BCUT2D eigenvalue weighted by molar-refractivity contribution is 0.102. The van der Waals surface area contributed by atoms with Crippen molar-refractivity contribution in [3.05, 3.63) is 65.1 Å². The zero-order valence-corrected chi connectivity index (χ0v) is 15.7. The summed E-state index contributed by atoms with van der Waals surface area (Å²) in [7, 11) is 0. The molecule has 1 fully saturated rings. The molecule has 0 aliphatic carbocycles.